The van der Waals surface area contributed by atoms with E-state index in [0.29, 0.717) is 12.3 Å². The minimum absolute atomic E-state index is 0.109. The van der Waals surface area contributed by atoms with E-state index in [9.17, 15) is 9.59 Å². The van der Waals surface area contributed by atoms with Crippen molar-refractivity contribution < 1.29 is 19.4 Å². The van der Waals surface area contributed by atoms with E-state index in [1.165, 1.54) is 0 Å². The number of nitrogens with two attached hydrogens (primary N) is 1. The molecule has 1 unspecified atom stereocenters. The lowest BCUT2D eigenvalue weighted by atomic mass is 10.1. The molecule has 0 spiro atoms. The lowest BCUT2D eigenvalue weighted by molar-refractivity contribution is -0.137. The third-order valence-electron chi connectivity index (χ3n) is 2.44. The molecule has 0 saturated carbocycles. The number of carboxylic acid groups (broad SMARTS) is 1. The Labute approximate surface area is 111 Å². The van der Waals surface area contributed by atoms with Crippen LogP contribution in [0.15, 0.2) is 24.3 Å². The lowest BCUT2D eigenvalue weighted by Gasteiger charge is -2.11. The van der Waals surface area contributed by atoms with Crippen molar-refractivity contribution in [2.24, 2.45) is 5.73 Å². The fourth-order valence-electron chi connectivity index (χ4n) is 1.45. The Kier molecular flexibility index (Phi) is 5.81. The van der Waals surface area contributed by atoms with Gasteiger partial charge in [0.2, 0.25) is 5.91 Å². The number of carbonyl (C=O) groups is 2. The minimum atomic E-state index is -0.968. The number of aliphatic carboxylic acids is 1. The minimum Gasteiger partial charge on any atom is -0.494 e. The number of carboxylic acids is 1. The number of hydrogen-bond donors (Lipinski definition) is 3. The number of ether oxygens (including phenoxy) is 1. The fourth-order valence-corrected chi connectivity index (χ4v) is 1.45. The van der Waals surface area contributed by atoms with Crippen molar-refractivity contribution in [3.8, 4) is 5.75 Å². The Morgan fingerprint density at radius 2 is 2.00 bits per heavy atom. The van der Waals surface area contributed by atoms with Crippen LogP contribution < -0.4 is 15.8 Å². The van der Waals surface area contributed by atoms with E-state index in [2.05, 4.69) is 5.32 Å². The average Bonchev–Trinajstić information content (AvgIpc) is 2.38. The van der Waals surface area contributed by atoms with Crippen LogP contribution >= 0.6 is 0 Å². The highest BCUT2D eigenvalue weighted by atomic mass is 16.5. The molecule has 1 atom stereocenters. The van der Waals surface area contributed by atoms with Gasteiger partial charge in [-0.05, 0) is 37.6 Å². The van der Waals surface area contributed by atoms with E-state index in [1.807, 2.05) is 6.92 Å². The summed E-state index contributed by atoms with van der Waals surface area (Å²) in [6.45, 7) is 2.46. The maximum absolute atomic E-state index is 11.7. The molecule has 0 saturated heterocycles. The van der Waals surface area contributed by atoms with E-state index in [1.54, 1.807) is 24.3 Å². The van der Waals surface area contributed by atoms with Crippen molar-refractivity contribution in [3.05, 3.63) is 24.3 Å². The summed E-state index contributed by atoms with van der Waals surface area (Å²) in [5, 5.41) is 11.1. The van der Waals surface area contributed by atoms with Crippen LogP contribution in [-0.2, 0) is 9.59 Å². The highest BCUT2D eigenvalue weighted by Crippen LogP contribution is 2.15. The SMILES string of the molecule is CCOc1ccc(NC(=O)C(N)CCC(=O)O)cc1. The van der Waals surface area contributed by atoms with Crippen molar-refractivity contribution in [1.82, 2.24) is 0 Å². The van der Waals surface area contributed by atoms with Gasteiger partial charge in [-0.15, -0.1) is 0 Å². The van der Waals surface area contributed by atoms with Crippen molar-refractivity contribution in [1.29, 1.82) is 0 Å². The molecule has 0 aliphatic rings. The molecular weight excluding hydrogens is 248 g/mol. The summed E-state index contributed by atoms with van der Waals surface area (Å²) in [4.78, 5) is 22.1. The van der Waals surface area contributed by atoms with Crippen LogP contribution in [0, 0.1) is 0 Å². The first kappa shape index (κ1) is 15.0. The average molecular weight is 266 g/mol. The van der Waals surface area contributed by atoms with Gasteiger partial charge in [-0.25, -0.2) is 0 Å². The molecule has 1 amide bonds. The molecule has 1 aromatic carbocycles. The molecule has 1 rings (SSSR count). The highest BCUT2D eigenvalue weighted by molar-refractivity contribution is 5.94. The molecule has 0 radical (unpaired) electrons. The number of amides is 1. The van der Waals surface area contributed by atoms with Gasteiger partial charge in [0, 0.05) is 12.1 Å². The first-order valence-electron chi connectivity index (χ1n) is 6.04. The van der Waals surface area contributed by atoms with Gasteiger partial charge in [-0.3, -0.25) is 9.59 Å². The topological polar surface area (TPSA) is 102 Å². The highest BCUT2D eigenvalue weighted by Gasteiger charge is 2.14. The predicted octanol–water partition coefficient (Wildman–Crippen LogP) is 1.22. The summed E-state index contributed by atoms with van der Waals surface area (Å²) in [6, 6.07) is 6.05. The monoisotopic (exact) mass is 266 g/mol. The van der Waals surface area contributed by atoms with Crippen molar-refractivity contribution in [2.75, 3.05) is 11.9 Å². The van der Waals surface area contributed by atoms with Gasteiger partial charge in [0.05, 0.1) is 12.6 Å². The molecule has 0 aliphatic heterocycles. The molecule has 1 aromatic rings. The van der Waals surface area contributed by atoms with Crippen molar-refractivity contribution in [2.45, 2.75) is 25.8 Å². The Bertz CT molecular complexity index is 431. The summed E-state index contributed by atoms with van der Waals surface area (Å²) >= 11 is 0. The molecular formula is C13H18N2O4. The van der Waals surface area contributed by atoms with Crippen LogP contribution in [0.25, 0.3) is 0 Å². The standard InChI is InChI=1S/C13H18N2O4/c1-2-19-10-5-3-9(4-6-10)15-13(18)11(14)7-8-12(16)17/h3-6,11H,2,7-8,14H2,1H3,(H,15,18)(H,16,17). The summed E-state index contributed by atoms with van der Waals surface area (Å²) in [7, 11) is 0. The predicted molar refractivity (Wildman–Crippen MR) is 71.1 cm³/mol. The number of anilines is 1. The normalized spacial score (nSPS) is 11.7. The zero-order chi connectivity index (χ0) is 14.3. The summed E-state index contributed by atoms with van der Waals surface area (Å²) in [6.07, 6.45) is -0.0178. The number of hydrogen-bond acceptors (Lipinski definition) is 4. The zero-order valence-corrected chi connectivity index (χ0v) is 10.8. The van der Waals surface area contributed by atoms with Crippen LogP contribution in [0.4, 0.5) is 5.69 Å². The van der Waals surface area contributed by atoms with E-state index in [4.69, 9.17) is 15.6 Å². The maximum atomic E-state index is 11.7. The maximum Gasteiger partial charge on any atom is 0.303 e. The summed E-state index contributed by atoms with van der Waals surface area (Å²) in [5.41, 5.74) is 6.19. The number of rotatable bonds is 7. The molecule has 0 heterocycles. The first-order valence-corrected chi connectivity index (χ1v) is 6.04. The van der Waals surface area contributed by atoms with Gasteiger partial charge in [0.1, 0.15) is 5.75 Å². The van der Waals surface area contributed by atoms with Crippen LogP contribution in [0.1, 0.15) is 19.8 Å². The van der Waals surface area contributed by atoms with Gasteiger partial charge < -0.3 is 20.9 Å². The largest absolute Gasteiger partial charge is 0.494 e. The molecule has 6 nitrogen and oxygen atoms in total. The Morgan fingerprint density at radius 3 is 2.53 bits per heavy atom. The Balaban J connectivity index is 2.49. The fraction of sp³-hybridized carbons (Fsp3) is 0.385. The Hall–Kier alpha value is -2.08. The molecule has 0 fully saturated rings. The molecule has 0 bridgehead atoms. The quantitative estimate of drug-likeness (QED) is 0.688. The molecule has 4 N–H and O–H groups in total. The lowest BCUT2D eigenvalue weighted by Crippen LogP contribution is -2.36. The van der Waals surface area contributed by atoms with Crippen molar-refractivity contribution in [3.63, 3.8) is 0 Å². The van der Waals surface area contributed by atoms with Crippen LogP contribution in [0.3, 0.4) is 0 Å². The van der Waals surface area contributed by atoms with E-state index in [-0.39, 0.29) is 12.8 Å². The van der Waals surface area contributed by atoms with Gasteiger partial charge in [0.25, 0.3) is 0 Å². The van der Waals surface area contributed by atoms with E-state index in [0.717, 1.165) is 5.75 Å². The number of benzene rings is 1. The second-order valence-corrected chi connectivity index (χ2v) is 3.99. The van der Waals surface area contributed by atoms with Crippen LogP contribution in [0.5, 0.6) is 5.75 Å². The molecule has 104 valence electrons. The second kappa shape index (κ2) is 7.38. The molecule has 6 heteroatoms. The molecule has 0 aromatic heterocycles. The molecule has 19 heavy (non-hydrogen) atoms. The van der Waals surface area contributed by atoms with Gasteiger partial charge in [-0.2, -0.15) is 0 Å². The van der Waals surface area contributed by atoms with E-state index >= 15 is 0 Å². The smallest absolute Gasteiger partial charge is 0.303 e. The second-order valence-electron chi connectivity index (χ2n) is 3.99. The summed E-state index contributed by atoms with van der Waals surface area (Å²) in [5.74, 6) is -0.648. The first-order chi connectivity index (χ1) is 9.02. The van der Waals surface area contributed by atoms with Crippen LogP contribution in [-0.4, -0.2) is 29.6 Å². The van der Waals surface area contributed by atoms with Gasteiger partial charge in [0.15, 0.2) is 0 Å². The third-order valence-corrected chi connectivity index (χ3v) is 2.44. The van der Waals surface area contributed by atoms with Gasteiger partial charge >= 0.3 is 5.97 Å². The third kappa shape index (κ3) is 5.39. The Morgan fingerprint density at radius 1 is 1.37 bits per heavy atom. The number of carbonyl (C=O) groups excluding carboxylic acids is 1. The number of nitrogens with one attached hydrogen (secondary N) is 1. The van der Waals surface area contributed by atoms with Gasteiger partial charge in [-0.1, -0.05) is 0 Å². The van der Waals surface area contributed by atoms with E-state index < -0.39 is 17.9 Å². The molecule has 0 aliphatic carbocycles. The van der Waals surface area contributed by atoms with Crippen molar-refractivity contribution >= 4 is 17.6 Å². The zero-order valence-electron chi connectivity index (χ0n) is 10.8. The van der Waals surface area contributed by atoms with Crippen LogP contribution in [0.2, 0.25) is 0 Å². The summed E-state index contributed by atoms with van der Waals surface area (Å²) < 4.78 is 5.28.